The third-order valence-corrected chi connectivity index (χ3v) is 6.02. The Labute approximate surface area is 103 Å². The molecule has 1 saturated heterocycles. The maximum atomic E-state index is 12.2. The summed E-state index contributed by atoms with van der Waals surface area (Å²) < 4.78 is 25.1. The maximum Gasteiger partial charge on any atom is 0.221 e. The second kappa shape index (κ2) is 3.54. The van der Waals surface area contributed by atoms with E-state index in [1.165, 1.54) is 4.31 Å². The fourth-order valence-corrected chi connectivity index (χ4v) is 5.39. The van der Waals surface area contributed by atoms with Crippen molar-refractivity contribution in [3.8, 4) is 0 Å². The molecule has 98 valence electrons. The van der Waals surface area contributed by atoms with E-state index in [4.69, 9.17) is 0 Å². The minimum atomic E-state index is -3.37. The van der Waals surface area contributed by atoms with Crippen LogP contribution in [0.25, 0.3) is 0 Å². The van der Waals surface area contributed by atoms with E-state index >= 15 is 0 Å². The number of Topliss-reactive ketones (excluding diaryl/α,β-unsaturated/α-hetero) is 1. The summed E-state index contributed by atoms with van der Waals surface area (Å²) in [6.45, 7) is 6.35. The number of hydrogen-bond donors (Lipinski definition) is 0. The lowest BCUT2D eigenvalue weighted by Crippen LogP contribution is -2.54. The van der Waals surface area contributed by atoms with Gasteiger partial charge in [0, 0.05) is 7.05 Å². The molecule has 1 saturated carbocycles. The molecule has 4 nitrogen and oxygen atoms in total. The quantitative estimate of drug-likeness (QED) is 0.661. The van der Waals surface area contributed by atoms with E-state index in [9.17, 15) is 13.2 Å². The Morgan fingerprint density at radius 3 is 2.29 bits per heavy atom. The molecule has 2 atom stereocenters. The zero-order chi connectivity index (χ0) is 13.1. The molecule has 1 aliphatic heterocycles. The molecule has 2 aliphatic rings. The molecular formula is C12H21NO3S. The van der Waals surface area contributed by atoms with E-state index in [0.717, 1.165) is 6.42 Å². The standard InChI is InChI=1S/C12H21NO3S/c1-9-5-11(2,3)8-12(6-9)10(14)7-17(15,16)13(12)4/h9H,5-8H2,1-4H3. The van der Waals surface area contributed by atoms with Crippen LogP contribution in [-0.4, -0.2) is 36.8 Å². The summed E-state index contributed by atoms with van der Waals surface area (Å²) in [7, 11) is -1.81. The average Bonchev–Trinajstić information content (AvgIpc) is 2.24. The number of likely N-dealkylation sites (N-methyl/N-ethyl adjacent to an activating group) is 1. The van der Waals surface area contributed by atoms with Gasteiger partial charge >= 0.3 is 0 Å². The van der Waals surface area contributed by atoms with Gasteiger partial charge in [-0.3, -0.25) is 4.79 Å². The van der Waals surface area contributed by atoms with Gasteiger partial charge in [0.2, 0.25) is 10.0 Å². The van der Waals surface area contributed by atoms with Gasteiger partial charge < -0.3 is 0 Å². The average molecular weight is 259 g/mol. The molecule has 0 aromatic carbocycles. The first kappa shape index (κ1) is 13.0. The van der Waals surface area contributed by atoms with Crippen molar-refractivity contribution in [3.63, 3.8) is 0 Å². The van der Waals surface area contributed by atoms with Crippen LogP contribution < -0.4 is 0 Å². The van der Waals surface area contributed by atoms with Crippen molar-refractivity contribution in [1.82, 2.24) is 4.31 Å². The lowest BCUT2D eigenvalue weighted by atomic mass is 9.63. The molecule has 0 amide bonds. The third kappa shape index (κ3) is 1.93. The minimum Gasteiger partial charge on any atom is -0.296 e. The second-order valence-electron chi connectivity index (χ2n) is 6.53. The van der Waals surface area contributed by atoms with Crippen LogP contribution in [0.1, 0.15) is 40.0 Å². The molecule has 0 aromatic rings. The second-order valence-corrected chi connectivity index (χ2v) is 8.53. The summed E-state index contributed by atoms with van der Waals surface area (Å²) in [6, 6.07) is 0. The number of carbonyl (C=O) groups is 1. The lowest BCUT2D eigenvalue weighted by Gasteiger charge is -2.46. The maximum absolute atomic E-state index is 12.2. The number of rotatable bonds is 0. The monoisotopic (exact) mass is 259 g/mol. The first-order valence-corrected chi connectivity index (χ1v) is 7.70. The summed E-state index contributed by atoms with van der Waals surface area (Å²) in [5.41, 5.74) is -0.735. The first-order chi connectivity index (χ1) is 7.59. The van der Waals surface area contributed by atoms with Crippen LogP contribution in [0.3, 0.4) is 0 Å². The summed E-state index contributed by atoms with van der Waals surface area (Å²) in [4.78, 5) is 12.2. The van der Waals surface area contributed by atoms with Crippen LogP contribution in [0.15, 0.2) is 0 Å². The van der Waals surface area contributed by atoms with Gasteiger partial charge in [0.15, 0.2) is 5.78 Å². The molecule has 17 heavy (non-hydrogen) atoms. The van der Waals surface area contributed by atoms with Crippen LogP contribution in [-0.2, 0) is 14.8 Å². The Bertz CT molecular complexity index is 454. The highest BCUT2D eigenvalue weighted by Crippen LogP contribution is 2.49. The largest absolute Gasteiger partial charge is 0.296 e. The number of carbonyl (C=O) groups excluding carboxylic acids is 1. The molecular weight excluding hydrogens is 238 g/mol. The van der Waals surface area contributed by atoms with Crippen molar-refractivity contribution in [2.75, 3.05) is 12.8 Å². The van der Waals surface area contributed by atoms with Gasteiger partial charge in [-0.1, -0.05) is 20.8 Å². The van der Waals surface area contributed by atoms with Gasteiger partial charge in [-0.2, -0.15) is 4.31 Å². The summed E-state index contributed by atoms with van der Waals surface area (Å²) >= 11 is 0. The topological polar surface area (TPSA) is 54.5 Å². The van der Waals surface area contributed by atoms with Gasteiger partial charge in [-0.25, -0.2) is 8.42 Å². The Morgan fingerprint density at radius 2 is 1.88 bits per heavy atom. The van der Waals surface area contributed by atoms with E-state index < -0.39 is 15.6 Å². The van der Waals surface area contributed by atoms with Gasteiger partial charge in [-0.05, 0) is 30.6 Å². The lowest BCUT2D eigenvalue weighted by molar-refractivity contribution is -0.128. The normalized spacial score (nSPS) is 40.9. The Kier molecular flexibility index (Phi) is 2.71. The predicted molar refractivity (Wildman–Crippen MR) is 66.1 cm³/mol. The van der Waals surface area contributed by atoms with Crippen molar-refractivity contribution in [2.24, 2.45) is 11.3 Å². The van der Waals surface area contributed by atoms with Gasteiger partial charge in [-0.15, -0.1) is 0 Å². The molecule has 1 spiro atoms. The van der Waals surface area contributed by atoms with E-state index in [1.54, 1.807) is 7.05 Å². The number of ketones is 1. The van der Waals surface area contributed by atoms with Crippen molar-refractivity contribution in [1.29, 1.82) is 0 Å². The van der Waals surface area contributed by atoms with Crippen molar-refractivity contribution in [3.05, 3.63) is 0 Å². The first-order valence-electron chi connectivity index (χ1n) is 6.09. The zero-order valence-corrected chi connectivity index (χ0v) is 11.8. The smallest absolute Gasteiger partial charge is 0.221 e. The van der Waals surface area contributed by atoms with Crippen LogP contribution in [0, 0.1) is 11.3 Å². The summed E-state index contributed by atoms with van der Waals surface area (Å²) in [5.74, 6) is -0.0372. The molecule has 2 fully saturated rings. The fraction of sp³-hybridized carbons (Fsp3) is 0.917. The minimum absolute atomic E-state index is 0.0292. The molecule has 2 rings (SSSR count). The SMILES string of the molecule is CC1CC(C)(C)CC2(C1)C(=O)CS(=O)(=O)N2C. The number of hydrogen-bond acceptors (Lipinski definition) is 3. The predicted octanol–water partition coefficient (Wildman–Crippen LogP) is 1.42. The van der Waals surface area contributed by atoms with Crippen LogP contribution in [0.2, 0.25) is 0 Å². The molecule has 1 aliphatic carbocycles. The molecule has 0 N–H and O–H groups in total. The zero-order valence-electron chi connectivity index (χ0n) is 11.0. The fourth-order valence-electron chi connectivity index (χ4n) is 3.82. The summed E-state index contributed by atoms with van der Waals surface area (Å²) in [6.07, 6.45) is 2.37. The molecule has 1 heterocycles. The molecule has 2 unspecified atom stereocenters. The number of nitrogens with zero attached hydrogens (tertiary/aromatic N) is 1. The van der Waals surface area contributed by atoms with Crippen molar-refractivity contribution >= 4 is 15.8 Å². The Morgan fingerprint density at radius 1 is 1.29 bits per heavy atom. The van der Waals surface area contributed by atoms with E-state index in [2.05, 4.69) is 20.8 Å². The van der Waals surface area contributed by atoms with Crippen molar-refractivity contribution in [2.45, 2.75) is 45.6 Å². The molecule has 0 bridgehead atoms. The Balaban J connectivity index is 2.46. The van der Waals surface area contributed by atoms with Crippen LogP contribution in [0.5, 0.6) is 0 Å². The molecule has 0 aromatic heterocycles. The van der Waals surface area contributed by atoms with E-state index in [1.807, 2.05) is 0 Å². The van der Waals surface area contributed by atoms with Gasteiger partial charge in [0.05, 0.1) is 5.54 Å². The summed E-state index contributed by atoms with van der Waals surface area (Å²) in [5, 5.41) is 0. The molecule has 0 radical (unpaired) electrons. The number of sulfonamides is 1. The highest BCUT2D eigenvalue weighted by Gasteiger charge is 2.58. The third-order valence-electron chi connectivity index (χ3n) is 4.21. The van der Waals surface area contributed by atoms with Gasteiger partial charge in [0.1, 0.15) is 5.75 Å². The van der Waals surface area contributed by atoms with Crippen molar-refractivity contribution < 1.29 is 13.2 Å². The highest BCUT2D eigenvalue weighted by atomic mass is 32.2. The van der Waals surface area contributed by atoms with E-state index in [-0.39, 0.29) is 17.0 Å². The van der Waals surface area contributed by atoms with Crippen LogP contribution in [0.4, 0.5) is 0 Å². The van der Waals surface area contributed by atoms with Crippen LogP contribution >= 0.6 is 0 Å². The molecule has 5 heteroatoms. The van der Waals surface area contributed by atoms with Gasteiger partial charge in [0.25, 0.3) is 0 Å². The van der Waals surface area contributed by atoms with E-state index in [0.29, 0.717) is 18.8 Å². The highest BCUT2D eigenvalue weighted by molar-refractivity contribution is 7.90. The Hall–Kier alpha value is -0.420.